The summed E-state index contributed by atoms with van der Waals surface area (Å²) < 4.78 is 18.8. The van der Waals surface area contributed by atoms with Crippen molar-refractivity contribution in [3.63, 3.8) is 0 Å². The average molecular weight is 296 g/mol. The van der Waals surface area contributed by atoms with Crippen LogP contribution in [-0.2, 0) is 0 Å². The van der Waals surface area contributed by atoms with Crippen molar-refractivity contribution in [2.75, 3.05) is 12.4 Å². The van der Waals surface area contributed by atoms with E-state index in [2.05, 4.69) is 10.3 Å². The van der Waals surface area contributed by atoms with Crippen LogP contribution in [-0.4, -0.2) is 18.0 Å². The van der Waals surface area contributed by atoms with Gasteiger partial charge in [-0.2, -0.15) is 0 Å². The molecule has 3 rings (SSSR count). The van der Waals surface area contributed by atoms with Gasteiger partial charge in [-0.1, -0.05) is 30.3 Å². The minimum atomic E-state index is -0.491. The van der Waals surface area contributed by atoms with E-state index in [1.54, 1.807) is 37.4 Å². The summed E-state index contributed by atoms with van der Waals surface area (Å²) in [5, 5.41) is 3.37. The molecule has 2 aromatic carbocycles. The van der Waals surface area contributed by atoms with Crippen LogP contribution in [0, 0.1) is 5.82 Å². The van der Waals surface area contributed by atoms with Crippen LogP contribution in [0.1, 0.15) is 10.5 Å². The van der Waals surface area contributed by atoms with E-state index < -0.39 is 11.7 Å². The SMILES string of the molecule is COc1cccc2ccc(C(=O)Nc3ccccc3F)nc12. The van der Waals surface area contributed by atoms with Crippen LogP contribution >= 0.6 is 0 Å². The third-order valence-electron chi connectivity index (χ3n) is 3.26. The number of nitrogens with one attached hydrogen (secondary N) is 1. The minimum absolute atomic E-state index is 0.120. The van der Waals surface area contributed by atoms with Gasteiger partial charge in [0.05, 0.1) is 12.8 Å². The molecule has 0 fully saturated rings. The van der Waals surface area contributed by atoms with Crippen LogP contribution in [0.25, 0.3) is 10.9 Å². The summed E-state index contributed by atoms with van der Waals surface area (Å²) in [6.07, 6.45) is 0. The summed E-state index contributed by atoms with van der Waals surface area (Å²) in [7, 11) is 1.54. The number of amides is 1. The molecule has 0 spiro atoms. The highest BCUT2D eigenvalue weighted by Crippen LogP contribution is 2.24. The van der Waals surface area contributed by atoms with Gasteiger partial charge in [0, 0.05) is 5.39 Å². The van der Waals surface area contributed by atoms with E-state index in [0.29, 0.717) is 11.3 Å². The number of anilines is 1. The van der Waals surface area contributed by atoms with Crippen molar-refractivity contribution >= 4 is 22.5 Å². The van der Waals surface area contributed by atoms with Gasteiger partial charge in [-0.3, -0.25) is 4.79 Å². The third kappa shape index (κ3) is 2.61. The average Bonchev–Trinajstić information content (AvgIpc) is 2.55. The molecular formula is C17H13FN2O2. The van der Waals surface area contributed by atoms with E-state index in [9.17, 15) is 9.18 Å². The van der Waals surface area contributed by atoms with Crippen LogP contribution < -0.4 is 10.1 Å². The zero-order chi connectivity index (χ0) is 15.5. The number of rotatable bonds is 3. The molecule has 1 aromatic heterocycles. The Bertz CT molecular complexity index is 849. The normalized spacial score (nSPS) is 10.5. The van der Waals surface area contributed by atoms with Crippen molar-refractivity contribution in [1.29, 1.82) is 0 Å². The first kappa shape index (κ1) is 14.0. The molecule has 3 aromatic rings. The van der Waals surface area contributed by atoms with E-state index in [4.69, 9.17) is 4.74 Å². The zero-order valence-corrected chi connectivity index (χ0v) is 11.8. The van der Waals surface area contributed by atoms with Gasteiger partial charge in [0.25, 0.3) is 5.91 Å². The Hall–Kier alpha value is -2.95. The Labute approximate surface area is 126 Å². The maximum atomic E-state index is 13.6. The number of pyridine rings is 1. The fourth-order valence-corrected chi connectivity index (χ4v) is 2.16. The highest BCUT2D eigenvalue weighted by atomic mass is 19.1. The molecule has 0 unspecified atom stereocenters. The van der Waals surface area contributed by atoms with Crippen molar-refractivity contribution < 1.29 is 13.9 Å². The quantitative estimate of drug-likeness (QED) is 0.803. The molecule has 1 amide bonds. The number of benzene rings is 2. The number of ether oxygens (including phenoxy) is 1. The summed E-state index contributed by atoms with van der Waals surface area (Å²) in [6.45, 7) is 0. The molecule has 0 aliphatic carbocycles. The van der Waals surface area contributed by atoms with Crippen molar-refractivity contribution in [2.24, 2.45) is 0 Å². The van der Waals surface area contributed by atoms with Gasteiger partial charge in [-0.15, -0.1) is 0 Å². The van der Waals surface area contributed by atoms with Crippen LogP contribution in [0.3, 0.4) is 0 Å². The first-order valence-electron chi connectivity index (χ1n) is 6.68. The van der Waals surface area contributed by atoms with Crippen molar-refractivity contribution in [3.05, 3.63) is 66.1 Å². The number of hydrogen-bond donors (Lipinski definition) is 1. The second-order valence-electron chi connectivity index (χ2n) is 4.66. The van der Waals surface area contributed by atoms with E-state index >= 15 is 0 Å². The number of halogens is 1. The number of para-hydroxylation sites is 2. The van der Waals surface area contributed by atoms with Gasteiger partial charge in [0.2, 0.25) is 0 Å². The molecule has 1 N–H and O–H groups in total. The Morgan fingerprint density at radius 3 is 2.68 bits per heavy atom. The molecule has 0 aliphatic heterocycles. The maximum absolute atomic E-state index is 13.6. The maximum Gasteiger partial charge on any atom is 0.274 e. The van der Waals surface area contributed by atoms with Crippen molar-refractivity contribution in [1.82, 2.24) is 4.98 Å². The topological polar surface area (TPSA) is 51.2 Å². The van der Waals surface area contributed by atoms with E-state index in [1.165, 1.54) is 12.1 Å². The molecule has 0 radical (unpaired) electrons. The number of nitrogens with zero attached hydrogens (tertiary/aromatic N) is 1. The van der Waals surface area contributed by atoms with Crippen LogP contribution in [0.15, 0.2) is 54.6 Å². The number of fused-ring (bicyclic) bond motifs is 1. The number of carbonyl (C=O) groups is 1. The monoisotopic (exact) mass is 296 g/mol. The fraction of sp³-hybridized carbons (Fsp3) is 0.0588. The predicted octanol–water partition coefficient (Wildman–Crippen LogP) is 3.63. The molecule has 1 heterocycles. The number of methoxy groups -OCH3 is 1. The van der Waals surface area contributed by atoms with Gasteiger partial charge in [-0.25, -0.2) is 9.37 Å². The van der Waals surface area contributed by atoms with Gasteiger partial charge >= 0.3 is 0 Å². The number of hydrogen-bond acceptors (Lipinski definition) is 3. The Morgan fingerprint density at radius 2 is 1.91 bits per heavy atom. The highest BCUT2D eigenvalue weighted by molar-refractivity contribution is 6.04. The van der Waals surface area contributed by atoms with E-state index in [-0.39, 0.29) is 11.4 Å². The van der Waals surface area contributed by atoms with Crippen molar-refractivity contribution in [2.45, 2.75) is 0 Å². The molecule has 4 nitrogen and oxygen atoms in total. The van der Waals surface area contributed by atoms with Crippen molar-refractivity contribution in [3.8, 4) is 5.75 Å². The molecule has 0 aliphatic rings. The number of aromatic nitrogens is 1. The molecule has 22 heavy (non-hydrogen) atoms. The Balaban J connectivity index is 1.96. The molecule has 0 saturated carbocycles. The van der Waals surface area contributed by atoms with Gasteiger partial charge in [0.15, 0.2) is 0 Å². The number of carbonyl (C=O) groups excluding carboxylic acids is 1. The van der Waals surface area contributed by atoms with E-state index in [0.717, 1.165) is 5.39 Å². The molecule has 0 saturated heterocycles. The smallest absolute Gasteiger partial charge is 0.274 e. The molecule has 5 heteroatoms. The Kier molecular flexibility index (Phi) is 3.70. The van der Waals surface area contributed by atoms with Gasteiger partial charge in [0.1, 0.15) is 22.8 Å². The summed E-state index contributed by atoms with van der Waals surface area (Å²) >= 11 is 0. The van der Waals surface area contributed by atoms with Crippen LogP contribution in [0.5, 0.6) is 5.75 Å². The highest BCUT2D eigenvalue weighted by Gasteiger charge is 2.12. The Morgan fingerprint density at radius 1 is 1.09 bits per heavy atom. The van der Waals surface area contributed by atoms with Gasteiger partial charge < -0.3 is 10.1 Å². The lowest BCUT2D eigenvalue weighted by Crippen LogP contribution is -2.14. The molecule has 110 valence electrons. The van der Waals surface area contributed by atoms with Crippen LogP contribution in [0.2, 0.25) is 0 Å². The first-order valence-corrected chi connectivity index (χ1v) is 6.68. The fourth-order valence-electron chi connectivity index (χ4n) is 2.16. The lowest BCUT2D eigenvalue weighted by Gasteiger charge is -2.08. The summed E-state index contributed by atoms with van der Waals surface area (Å²) in [4.78, 5) is 16.5. The standard InChI is InChI=1S/C17H13FN2O2/c1-22-15-8-4-5-11-9-10-14(19-16(11)15)17(21)20-13-7-3-2-6-12(13)18/h2-10H,1H3,(H,20,21). The van der Waals surface area contributed by atoms with Gasteiger partial charge in [-0.05, 0) is 24.3 Å². The van der Waals surface area contributed by atoms with Crippen LogP contribution in [0.4, 0.5) is 10.1 Å². The molecule has 0 atom stereocenters. The van der Waals surface area contributed by atoms with E-state index in [1.807, 2.05) is 12.1 Å². The second-order valence-corrected chi connectivity index (χ2v) is 4.66. The molecule has 0 bridgehead atoms. The molecular weight excluding hydrogens is 283 g/mol. The first-order chi connectivity index (χ1) is 10.7. The lowest BCUT2D eigenvalue weighted by molar-refractivity contribution is 0.102. The summed E-state index contributed by atoms with van der Waals surface area (Å²) in [5.41, 5.74) is 0.904. The minimum Gasteiger partial charge on any atom is -0.494 e. The summed E-state index contributed by atoms with van der Waals surface area (Å²) in [6, 6.07) is 14.9. The zero-order valence-electron chi connectivity index (χ0n) is 11.8. The largest absolute Gasteiger partial charge is 0.494 e. The predicted molar refractivity (Wildman–Crippen MR) is 82.6 cm³/mol. The summed E-state index contributed by atoms with van der Waals surface area (Å²) in [5.74, 6) is -0.384. The second kappa shape index (κ2) is 5.81. The third-order valence-corrected chi connectivity index (χ3v) is 3.26. The lowest BCUT2D eigenvalue weighted by atomic mass is 10.2.